The number of carbonyl (C=O) groups excluding carboxylic acids is 1. The topological polar surface area (TPSA) is 60.2 Å². The molecule has 0 atom stereocenters. The zero-order valence-electron chi connectivity index (χ0n) is 14.9. The van der Waals surface area contributed by atoms with Crippen LogP contribution in [0.5, 0.6) is 0 Å². The number of hydrogen-bond donors (Lipinski definition) is 0. The Hall–Kier alpha value is -2.99. The van der Waals surface area contributed by atoms with E-state index in [1.54, 1.807) is 11.0 Å². The summed E-state index contributed by atoms with van der Waals surface area (Å²) in [6.45, 7) is 2.09. The number of fused-ring (bicyclic) bond motifs is 2. The van der Waals surface area contributed by atoms with E-state index < -0.39 is 0 Å². The summed E-state index contributed by atoms with van der Waals surface area (Å²) in [5.74, 6) is 0.0706. The van der Waals surface area contributed by atoms with Crippen molar-refractivity contribution in [2.45, 2.75) is 25.0 Å². The largest absolute Gasteiger partial charge is 0.365 e. The highest BCUT2D eigenvalue weighted by Crippen LogP contribution is 2.44. The Bertz CT molecular complexity index is 958. The second-order valence-electron chi connectivity index (χ2n) is 7.12. The van der Waals surface area contributed by atoms with Crippen LogP contribution >= 0.6 is 0 Å². The number of benzene rings is 2. The first-order chi connectivity index (χ1) is 13.3. The molecule has 1 fully saturated rings. The van der Waals surface area contributed by atoms with Crippen molar-refractivity contribution in [3.05, 3.63) is 77.9 Å². The minimum absolute atomic E-state index is 0.0706. The van der Waals surface area contributed by atoms with Crippen LogP contribution in [0.2, 0.25) is 0 Å². The Morgan fingerprint density at radius 2 is 1.81 bits per heavy atom. The van der Waals surface area contributed by atoms with Crippen LogP contribution in [-0.2, 0) is 16.9 Å². The first-order valence-corrected chi connectivity index (χ1v) is 9.22. The number of nitrogens with zero attached hydrogens (tertiary/aromatic N) is 4. The van der Waals surface area contributed by atoms with Crippen LogP contribution in [0, 0.1) is 0 Å². The third-order valence-corrected chi connectivity index (χ3v) is 5.67. The van der Waals surface area contributed by atoms with Gasteiger partial charge in [-0.15, -0.1) is 0 Å². The van der Waals surface area contributed by atoms with Crippen molar-refractivity contribution < 1.29 is 9.53 Å². The van der Waals surface area contributed by atoms with Gasteiger partial charge < -0.3 is 9.64 Å². The van der Waals surface area contributed by atoms with E-state index in [1.807, 2.05) is 29.2 Å². The third-order valence-electron chi connectivity index (χ3n) is 5.67. The molecule has 3 heterocycles. The molecule has 1 spiro atoms. The molecule has 1 saturated heterocycles. The van der Waals surface area contributed by atoms with Crippen LogP contribution in [-0.4, -0.2) is 38.7 Å². The molecule has 2 aliphatic heterocycles. The van der Waals surface area contributed by atoms with Crippen molar-refractivity contribution >= 4 is 5.91 Å². The maximum atomic E-state index is 12.9. The maximum absolute atomic E-state index is 12.9. The summed E-state index contributed by atoms with van der Waals surface area (Å²) in [7, 11) is 0. The summed E-state index contributed by atoms with van der Waals surface area (Å²) in [5.41, 5.74) is 3.94. The molecule has 0 N–H and O–H groups in total. The molecular formula is C21H20N4O2. The molecule has 3 aromatic rings. The van der Waals surface area contributed by atoms with Crippen LogP contribution in [0.4, 0.5) is 0 Å². The average Bonchev–Trinajstić information content (AvgIpc) is 3.38. The summed E-state index contributed by atoms with van der Waals surface area (Å²) in [6.07, 6.45) is 4.81. The highest BCUT2D eigenvalue weighted by atomic mass is 16.5. The van der Waals surface area contributed by atoms with Gasteiger partial charge in [-0.2, -0.15) is 5.10 Å². The van der Waals surface area contributed by atoms with Gasteiger partial charge in [-0.1, -0.05) is 24.3 Å². The summed E-state index contributed by atoms with van der Waals surface area (Å²) >= 11 is 0. The Morgan fingerprint density at radius 3 is 2.56 bits per heavy atom. The second kappa shape index (κ2) is 6.32. The normalized spacial score (nSPS) is 17.9. The van der Waals surface area contributed by atoms with Crippen molar-refractivity contribution in [2.24, 2.45) is 0 Å². The quantitative estimate of drug-likeness (QED) is 0.705. The van der Waals surface area contributed by atoms with Crippen molar-refractivity contribution in [2.75, 3.05) is 13.1 Å². The fourth-order valence-electron chi connectivity index (χ4n) is 4.15. The number of rotatable bonds is 2. The van der Waals surface area contributed by atoms with Crippen molar-refractivity contribution in [1.29, 1.82) is 0 Å². The number of ether oxygens (including phenoxy) is 1. The van der Waals surface area contributed by atoms with Crippen LogP contribution in [0.25, 0.3) is 5.69 Å². The molecule has 0 unspecified atom stereocenters. The van der Waals surface area contributed by atoms with Gasteiger partial charge in [0.05, 0.1) is 17.9 Å². The Morgan fingerprint density at radius 1 is 1.04 bits per heavy atom. The average molecular weight is 360 g/mol. The zero-order valence-corrected chi connectivity index (χ0v) is 14.9. The minimum atomic E-state index is -0.218. The van der Waals surface area contributed by atoms with Crippen LogP contribution in [0.1, 0.15) is 34.3 Å². The summed E-state index contributed by atoms with van der Waals surface area (Å²) in [5, 5.41) is 4.11. The summed E-state index contributed by atoms with van der Waals surface area (Å²) in [4.78, 5) is 18.8. The van der Waals surface area contributed by atoms with E-state index in [4.69, 9.17) is 4.74 Å². The third kappa shape index (κ3) is 2.73. The van der Waals surface area contributed by atoms with E-state index in [0.717, 1.165) is 18.5 Å². The monoisotopic (exact) mass is 360 g/mol. The molecule has 6 heteroatoms. The van der Waals surface area contributed by atoms with E-state index in [2.05, 4.69) is 34.3 Å². The van der Waals surface area contributed by atoms with Gasteiger partial charge in [-0.25, -0.2) is 9.67 Å². The Labute approximate surface area is 157 Å². The van der Waals surface area contributed by atoms with E-state index in [9.17, 15) is 4.79 Å². The molecule has 0 aliphatic carbocycles. The van der Waals surface area contributed by atoms with Gasteiger partial charge in [0.2, 0.25) is 0 Å². The number of amides is 1. The SMILES string of the molecule is O=C(c1ccc(-n2cncn2)cc1)N1CCC2(CC1)OCc1ccccc12. The summed E-state index contributed by atoms with van der Waals surface area (Å²) < 4.78 is 7.86. The van der Waals surface area contributed by atoms with Gasteiger partial charge in [-0.05, 0) is 48.2 Å². The lowest BCUT2D eigenvalue weighted by Gasteiger charge is -2.39. The Kier molecular flexibility index (Phi) is 3.79. The minimum Gasteiger partial charge on any atom is -0.365 e. The number of hydrogen-bond acceptors (Lipinski definition) is 4. The van der Waals surface area contributed by atoms with Gasteiger partial charge in [0.1, 0.15) is 12.7 Å². The van der Waals surface area contributed by atoms with Crippen molar-refractivity contribution in [1.82, 2.24) is 19.7 Å². The van der Waals surface area contributed by atoms with Gasteiger partial charge in [0.25, 0.3) is 5.91 Å². The number of aromatic nitrogens is 3. The highest BCUT2D eigenvalue weighted by Gasteiger charge is 2.43. The molecule has 1 amide bonds. The van der Waals surface area contributed by atoms with Crippen LogP contribution < -0.4 is 0 Å². The zero-order chi connectivity index (χ0) is 18.3. The molecule has 6 nitrogen and oxygen atoms in total. The molecule has 0 saturated carbocycles. The lowest BCUT2D eigenvalue weighted by atomic mass is 9.83. The smallest absolute Gasteiger partial charge is 0.253 e. The lowest BCUT2D eigenvalue weighted by Crippen LogP contribution is -2.45. The highest BCUT2D eigenvalue weighted by molar-refractivity contribution is 5.94. The number of piperidine rings is 1. The standard InChI is InChI=1S/C21H20N4O2/c26-20(16-5-7-18(8-6-16)25-15-22-14-23-25)24-11-9-21(10-12-24)19-4-2-1-3-17(19)13-27-21/h1-8,14-15H,9-13H2. The molecule has 0 radical (unpaired) electrons. The van der Waals surface area contributed by atoms with Crippen molar-refractivity contribution in [3.63, 3.8) is 0 Å². The fraction of sp³-hybridized carbons (Fsp3) is 0.286. The molecule has 136 valence electrons. The van der Waals surface area contributed by atoms with Crippen molar-refractivity contribution in [3.8, 4) is 5.69 Å². The number of carbonyl (C=O) groups is 1. The van der Waals surface area contributed by atoms with Gasteiger partial charge >= 0.3 is 0 Å². The lowest BCUT2D eigenvalue weighted by molar-refractivity contribution is -0.0741. The first-order valence-electron chi connectivity index (χ1n) is 9.22. The Balaban J connectivity index is 1.29. The van der Waals surface area contributed by atoms with Gasteiger partial charge in [-0.3, -0.25) is 4.79 Å². The molecule has 2 aliphatic rings. The van der Waals surface area contributed by atoms with E-state index in [1.165, 1.54) is 17.5 Å². The second-order valence-corrected chi connectivity index (χ2v) is 7.12. The molecule has 2 aromatic carbocycles. The molecule has 1 aromatic heterocycles. The first kappa shape index (κ1) is 16.2. The van der Waals surface area contributed by atoms with E-state index >= 15 is 0 Å². The molecule has 0 bridgehead atoms. The fourth-order valence-corrected chi connectivity index (χ4v) is 4.15. The van der Waals surface area contributed by atoms with Crippen LogP contribution in [0.3, 0.4) is 0 Å². The maximum Gasteiger partial charge on any atom is 0.253 e. The molecular weight excluding hydrogens is 340 g/mol. The predicted molar refractivity (Wildman–Crippen MR) is 99.4 cm³/mol. The van der Waals surface area contributed by atoms with E-state index in [0.29, 0.717) is 25.3 Å². The number of likely N-dealkylation sites (tertiary alicyclic amines) is 1. The molecule has 27 heavy (non-hydrogen) atoms. The van der Waals surface area contributed by atoms with Crippen LogP contribution in [0.15, 0.2) is 61.2 Å². The molecule has 5 rings (SSSR count). The van der Waals surface area contributed by atoms with Gasteiger partial charge in [0.15, 0.2) is 0 Å². The summed E-state index contributed by atoms with van der Waals surface area (Å²) in [6, 6.07) is 15.9. The predicted octanol–water partition coefficient (Wildman–Crippen LogP) is 2.93. The van der Waals surface area contributed by atoms with E-state index in [-0.39, 0.29) is 11.5 Å². The van der Waals surface area contributed by atoms with Gasteiger partial charge in [0, 0.05) is 18.7 Å².